The van der Waals surface area contributed by atoms with Gasteiger partial charge in [-0.05, 0) is 29.7 Å². The van der Waals surface area contributed by atoms with E-state index in [0.717, 1.165) is 18.8 Å². The Hall–Kier alpha value is -1.26. The van der Waals surface area contributed by atoms with Gasteiger partial charge >= 0.3 is 0 Å². The summed E-state index contributed by atoms with van der Waals surface area (Å²) in [4.78, 5) is 11.5. The predicted molar refractivity (Wildman–Crippen MR) is 89.4 cm³/mol. The molecule has 0 heterocycles. The Bertz CT molecular complexity index is 413. The summed E-state index contributed by atoms with van der Waals surface area (Å²) >= 11 is 0. The molecule has 4 nitrogen and oxygen atoms in total. The summed E-state index contributed by atoms with van der Waals surface area (Å²) in [5, 5.41) is 5.94. The van der Waals surface area contributed by atoms with Gasteiger partial charge in [0.25, 0.3) is 5.91 Å². The first-order chi connectivity index (χ1) is 9.43. The molecule has 0 radical (unpaired) electrons. The van der Waals surface area contributed by atoms with E-state index in [2.05, 4.69) is 31.4 Å². The summed E-state index contributed by atoms with van der Waals surface area (Å²) in [7, 11) is 0. The van der Waals surface area contributed by atoms with Gasteiger partial charge in [0.2, 0.25) is 0 Å². The van der Waals surface area contributed by atoms with Crippen molar-refractivity contribution < 1.29 is 9.53 Å². The molecule has 0 aliphatic heterocycles. The van der Waals surface area contributed by atoms with Crippen molar-refractivity contribution in [2.24, 2.45) is 0 Å². The van der Waals surface area contributed by atoms with Gasteiger partial charge in [0, 0.05) is 13.1 Å². The summed E-state index contributed by atoms with van der Waals surface area (Å²) in [6.45, 7) is 10.9. The molecule has 0 atom stereocenters. The molecule has 0 aliphatic carbocycles. The Morgan fingerprint density at radius 3 is 2.29 bits per heavy atom. The number of likely N-dealkylation sites (N-methyl/N-ethyl adjacent to an activating group) is 1. The molecule has 0 saturated heterocycles. The van der Waals surface area contributed by atoms with Gasteiger partial charge in [0.15, 0.2) is 6.61 Å². The third-order valence-corrected chi connectivity index (χ3v) is 2.96. The maximum Gasteiger partial charge on any atom is 0.257 e. The van der Waals surface area contributed by atoms with Crippen molar-refractivity contribution in [1.82, 2.24) is 10.6 Å². The quantitative estimate of drug-likeness (QED) is 0.760. The number of carbonyl (C=O) groups is 1. The van der Waals surface area contributed by atoms with E-state index in [-0.39, 0.29) is 30.3 Å². The Labute approximate surface area is 134 Å². The maximum absolute atomic E-state index is 11.5. The molecule has 0 spiro atoms. The zero-order chi connectivity index (χ0) is 15.0. The van der Waals surface area contributed by atoms with Crippen LogP contribution in [-0.2, 0) is 10.2 Å². The second kappa shape index (κ2) is 9.64. The van der Waals surface area contributed by atoms with Crippen molar-refractivity contribution >= 4 is 18.3 Å². The first kappa shape index (κ1) is 19.7. The van der Waals surface area contributed by atoms with Crippen LogP contribution in [0.5, 0.6) is 5.75 Å². The van der Waals surface area contributed by atoms with Gasteiger partial charge in [-0.1, -0.05) is 39.8 Å². The lowest BCUT2D eigenvalue weighted by Crippen LogP contribution is -2.34. The van der Waals surface area contributed by atoms with Crippen LogP contribution in [-0.4, -0.2) is 32.1 Å². The smallest absolute Gasteiger partial charge is 0.257 e. The Kier molecular flexibility index (Phi) is 9.06. The highest BCUT2D eigenvalue weighted by molar-refractivity contribution is 5.85. The Morgan fingerprint density at radius 1 is 1.14 bits per heavy atom. The second-order valence-electron chi connectivity index (χ2n) is 5.77. The minimum Gasteiger partial charge on any atom is -0.484 e. The molecule has 1 aromatic rings. The fraction of sp³-hybridized carbons (Fsp3) is 0.562. The molecular weight excluding hydrogens is 288 g/mol. The molecule has 0 saturated carbocycles. The van der Waals surface area contributed by atoms with Gasteiger partial charge in [-0.2, -0.15) is 0 Å². The van der Waals surface area contributed by atoms with Crippen LogP contribution in [0.15, 0.2) is 24.3 Å². The minimum atomic E-state index is -0.0946. The third kappa shape index (κ3) is 7.93. The van der Waals surface area contributed by atoms with Gasteiger partial charge in [-0.3, -0.25) is 4.79 Å². The van der Waals surface area contributed by atoms with Crippen molar-refractivity contribution in [3.8, 4) is 5.75 Å². The van der Waals surface area contributed by atoms with Crippen LogP contribution in [0.1, 0.15) is 33.3 Å². The number of carbonyl (C=O) groups excluding carboxylic acids is 1. The molecule has 1 amide bonds. The predicted octanol–water partition coefficient (Wildman–Crippen LogP) is 2.51. The fourth-order valence-electron chi connectivity index (χ4n) is 1.72. The SMILES string of the molecule is CCNCCNC(=O)COc1ccc(C(C)(C)C)cc1.Cl. The molecule has 0 fully saturated rings. The van der Waals surface area contributed by atoms with Gasteiger partial charge in [-0.15, -0.1) is 12.4 Å². The van der Waals surface area contributed by atoms with Crippen molar-refractivity contribution in [1.29, 1.82) is 0 Å². The summed E-state index contributed by atoms with van der Waals surface area (Å²) in [5.41, 5.74) is 1.38. The number of amides is 1. The molecule has 0 aromatic heterocycles. The number of ether oxygens (including phenoxy) is 1. The van der Waals surface area contributed by atoms with Crippen LogP contribution in [0.4, 0.5) is 0 Å². The van der Waals surface area contributed by atoms with E-state index in [1.807, 2.05) is 31.2 Å². The largest absolute Gasteiger partial charge is 0.484 e. The standard InChI is InChI=1S/C16H26N2O2.ClH/c1-5-17-10-11-18-15(19)12-20-14-8-6-13(7-9-14)16(2,3)4;/h6-9,17H,5,10-12H2,1-4H3,(H,18,19);1H. The summed E-state index contributed by atoms with van der Waals surface area (Å²) in [6.07, 6.45) is 0. The number of benzene rings is 1. The number of nitrogens with one attached hydrogen (secondary N) is 2. The monoisotopic (exact) mass is 314 g/mol. The molecule has 0 bridgehead atoms. The highest BCUT2D eigenvalue weighted by Gasteiger charge is 2.13. The van der Waals surface area contributed by atoms with Crippen molar-refractivity contribution in [2.75, 3.05) is 26.2 Å². The van der Waals surface area contributed by atoms with Gasteiger partial charge in [-0.25, -0.2) is 0 Å². The summed E-state index contributed by atoms with van der Waals surface area (Å²) < 4.78 is 5.46. The van der Waals surface area contributed by atoms with Crippen LogP contribution in [0.3, 0.4) is 0 Å². The summed E-state index contributed by atoms with van der Waals surface area (Å²) in [6, 6.07) is 7.90. The first-order valence-electron chi connectivity index (χ1n) is 7.14. The molecule has 2 N–H and O–H groups in total. The third-order valence-electron chi connectivity index (χ3n) is 2.96. The van der Waals surface area contributed by atoms with Crippen molar-refractivity contribution in [2.45, 2.75) is 33.1 Å². The van der Waals surface area contributed by atoms with Crippen molar-refractivity contribution in [3.63, 3.8) is 0 Å². The van der Waals surface area contributed by atoms with E-state index < -0.39 is 0 Å². The molecule has 120 valence electrons. The van der Waals surface area contributed by atoms with E-state index >= 15 is 0 Å². The number of halogens is 1. The maximum atomic E-state index is 11.5. The molecule has 0 aliphatic rings. The molecule has 21 heavy (non-hydrogen) atoms. The first-order valence-corrected chi connectivity index (χ1v) is 7.14. The topological polar surface area (TPSA) is 50.4 Å². The molecule has 1 aromatic carbocycles. The van der Waals surface area contributed by atoms with E-state index in [0.29, 0.717) is 6.54 Å². The Morgan fingerprint density at radius 2 is 1.76 bits per heavy atom. The van der Waals surface area contributed by atoms with Crippen LogP contribution < -0.4 is 15.4 Å². The highest BCUT2D eigenvalue weighted by atomic mass is 35.5. The second-order valence-corrected chi connectivity index (χ2v) is 5.77. The van der Waals surface area contributed by atoms with Gasteiger partial charge in [0.1, 0.15) is 5.75 Å². The van der Waals surface area contributed by atoms with Crippen LogP contribution >= 0.6 is 12.4 Å². The van der Waals surface area contributed by atoms with Gasteiger partial charge < -0.3 is 15.4 Å². The Balaban J connectivity index is 0.00000400. The number of hydrogen-bond acceptors (Lipinski definition) is 3. The van der Waals surface area contributed by atoms with Crippen LogP contribution in [0, 0.1) is 0 Å². The highest BCUT2D eigenvalue weighted by Crippen LogP contribution is 2.24. The molecule has 1 rings (SSSR count). The molecular formula is C16H27ClN2O2. The van der Waals surface area contributed by atoms with E-state index in [9.17, 15) is 4.79 Å². The lowest BCUT2D eigenvalue weighted by molar-refractivity contribution is -0.123. The zero-order valence-corrected chi connectivity index (χ0v) is 14.2. The lowest BCUT2D eigenvalue weighted by Gasteiger charge is -2.19. The van der Waals surface area contributed by atoms with E-state index in [1.165, 1.54) is 5.56 Å². The number of rotatable bonds is 7. The molecule has 5 heteroatoms. The van der Waals surface area contributed by atoms with Crippen LogP contribution in [0.25, 0.3) is 0 Å². The lowest BCUT2D eigenvalue weighted by atomic mass is 9.87. The van der Waals surface area contributed by atoms with E-state index in [4.69, 9.17) is 4.74 Å². The van der Waals surface area contributed by atoms with E-state index in [1.54, 1.807) is 0 Å². The van der Waals surface area contributed by atoms with Crippen molar-refractivity contribution in [3.05, 3.63) is 29.8 Å². The number of hydrogen-bond donors (Lipinski definition) is 2. The normalized spacial score (nSPS) is 10.7. The minimum absolute atomic E-state index is 0. The average molecular weight is 315 g/mol. The fourth-order valence-corrected chi connectivity index (χ4v) is 1.72. The van der Waals surface area contributed by atoms with Gasteiger partial charge in [0.05, 0.1) is 0 Å². The molecule has 0 unspecified atom stereocenters. The summed E-state index contributed by atoms with van der Waals surface area (Å²) in [5.74, 6) is 0.627. The van der Waals surface area contributed by atoms with Crippen LogP contribution in [0.2, 0.25) is 0 Å². The average Bonchev–Trinajstić information content (AvgIpc) is 2.41. The zero-order valence-electron chi connectivity index (χ0n) is 13.4.